The highest BCUT2D eigenvalue weighted by molar-refractivity contribution is 8.69. The summed E-state index contributed by atoms with van der Waals surface area (Å²) in [5, 5.41) is 8.64. The molecule has 0 amide bonds. The molecule has 10 heavy (non-hydrogen) atoms. The molecule has 1 aliphatic heterocycles. The summed E-state index contributed by atoms with van der Waals surface area (Å²) in [7, 11) is 0.247. The van der Waals surface area contributed by atoms with Crippen molar-refractivity contribution < 1.29 is 14.1 Å². The van der Waals surface area contributed by atoms with Crippen molar-refractivity contribution in [2.45, 2.75) is 6.92 Å². The molecule has 0 aromatic carbocycles. The van der Waals surface area contributed by atoms with E-state index in [4.69, 9.17) is 5.11 Å². The van der Waals surface area contributed by atoms with E-state index in [1.807, 2.05) is 0 Å². The second-order valence-electron chi connectivity index (χ2n) is 2.58. The normalized spacial score (nSPS) is 39.9. The lowest BCUT2D eigenvalue weighted by molar-refractivity contribution is -0.145. The molecule has 1 N–H and O–H groups in total. The Morgan fingerprint density at radius 1 is 1.80 bits per heavy atom. The maximum absolute atomic E-state index is 10.8. The molecule has 2 unspecified atom stereocenters. The van der Waals surface area contributed by atoms with E-state index < -0.39 is 21.2 Å². The van der Waals surface area contributed by atoms with Crippen molar-refractivity contribution in [1.29, 1.82) is 0 Å². The average molecular weight is 180 g/mol. The standard InChI is InChI=1S/C5H8O3S2/c1-5(4(6)7)2-9-10(8)3-5/h2-3H2,1H3,(H,6,7). The van der Waals surface area contributed by atoms with Crippen LogP contribution in [0.2, 0.25) is 0 Å². The number of hydrogen-bond donors (Lipinski definition) is 1. The van der Waals surface area contributed by atoms with Gasteiger partial charge in [-0.15, -0.1) is 0 Å². The Morgan fingerprint density at radius 2 is 2.40 bits per heavy atom. The summed E-state index contributed by atoms with van der Waals surface area (Å²) in [6.07, 6.45) is 0. The number of rotatable bonds is 1. The van der Waals surface area contributed by atoms with Crippen molar-refractivity contribution in [2.24, 2.45) is 5.41 Å². The van der Waals surface area contributed by atoms with Gasteiger partial charge >= 0.3 is 5.97 Å². The van der Waals surface area contributed by atoms with Crippen LogP contribution in [0.25, 0.3) is 0 Å². The van der Waals surface area contributed by atoms with Crippen molar-refractivity contribution in [2.75, 3.05) is 11.5 Å². The summed E-state index contributed by atoms with van der Waals surface area (Å²) in [4.78, 5) is 10.5. The third kappa shape index (κ3) is 1.34. The zero-order valence-electron chi connectivity index (χ0n) is 5.49. The smallest absolute Gasteiger partial charge is 0.311 e. The maximum Gasteiger partial charge on any atom is 0.311 e. The topological polar surface area (TPSA) is 54.4 Å². The second kappa shape index (κ2) is 2.54. The van der Waals surface area contributed by atoms with Crippen molar-refractivity contribution in [1.82, 2.24) is 0 Å². The minimum Gasteiger partial charge on any atom is -0.481 e. The Bertz CT molecular complexity index is 191. The lowest BCUT2D eigenvalue weighted by Gasteiger charge is -2.13. The predicted octanol–water partition coefficient (Wildman–Crippen LogP) is 0.488. The Balaban J connectivity index is 2.72. The molecule has 0 spiro atoms. The molecule has 58 valence electrons. The molecule has 0 radical (unpaired) electrons. The first-order valence-electron chi connectivity index (χ1n) is 2.80. The van der Waals surface area contributed by atoms with E-state index >= 15 is 0 Å². The molecule has 0 aromatic heterocycles. The van der Waals surface area contributed by atoms with Gasteiger partial charge in [-0.3, -0.25) is 4.79 Å². The summed E-state index contributed by atoms with van der Waals surface area (Å²) in [5.41, 5.74) is -0.754. The zero-order valence-corrected chi connectivity index (χ0v) is 7.13. The van der Waals surface area contributed by atoms with Crippen LogP contribution in [0.5, 0.6) is 0 Å². The summed E-state index contributed by atoms with van der Waals surface area (Å²) >= 11 is 0. The maximum atomic E-state index is 10.8. The first-order valence-corrected chi connectivity index (χ1v) is 5.62. The van der Waals surface area contributed by atoms with Gasteiger partial charge in [0.2, 0.25) is 0 Å². The second-order valence-corrected chi connectivity index (χ2v) is 5.82. The molecule has 5 heteroatoms. The van der Waals surface area contributed by atoms with Gasteiger partial charge in [0.25, 0.3) is 0 Å². The van der Waals surface area contributed by atoms with Crippen molar-refractivity contribution in [3.05, 3.63) is 0 Å². The third-order valence-electron chi connectivity index (χ3n) is 1.46. The molecule has 0 aromatic rings. The van der Waals surface area contributed by atoms with Crippen LogP contribution in [0.1, 0.15) is 6.92 Å². The fourth-order valence-electron chi connectivity index (χ4n) is 0.663. The first-order chi connectivity index (χ1) is 4.54. The fourth-order valence-corrected chi connectivity index (χ4v) is 4.44. The highest BCUT2D eigenvalue weighted by Gasteiger charge is 2.41. The Labute approximate surface area is 65.0 Å². The monoisotopic (exact) mass is 180 g/mol. The first kappa shape index (κ1) is 8.07. The molecule has 1 rings (SSSR count). The molecule has 0 saturated carbocycles. The van der Waals surface area contributed by atoms with Gasteiger partial charge in [-0.25, -0.2) is 4.21 Å². The minimum absolute atomic E-state index is 0.285. The van der Waals surface area contributed by atoms with E-state index in [2.05, 4.69) is 0 Å². The summed E-state index contributed by atoms with van der Waals surface area (Å²) in [5.74, 6) is -0.0899. The van der Waals surface area contributed by atoms with Crippen LogP contribution >= 0.6 is 10.8 Å². The molecule has 3 nitrogen and oxygen atoms in total. The van der Waals surface area contributed by atoms with E-state index in [1.54, 1.807) is 6.92 Å². The highest BCUT2D eigenvalue weighted by Crippen LogP contribution is 2.34. The summed E-state index contributed by atoms with van der Waals surface area (Å²) in [6.45, 7) is 1.63. The van der Waals surface area contributed by atoms with E-state index in [9.17, 15) is 9.00 Å². The molecule has 0 bridgehead atoms. The van der Waals surface area contributed by atoms with Gasteiger partial charge in [-0.1, -0.05) is 10.8 Å². The third-order valence-corrected chi connectivity index (χ3v) is 4.85. The molecule has 1 aliphatic rings. The van der Waals surface area contributed by atoms with Crippen LogP contribution in [0.15, 0.2) is 0 Å². The van der Waals surface area contributed by atoms with Crippen LogP contribution in [-0.4, -0.2) is 26.8 Å². The van der Waals surface area contributed by atoms with Crippen LogP contribution in [0.3, 0.4) is 0 Å². The lowest BCUT2D eigenvalue weighted by atomic mass is 9.97. The fraction of sp³-hybridized carbons (Fsp3) is 0.800. The Kier molecular flexibility index (Phi) is 2.05. The zero-order chi connectivity index (χ0) is 7.78. The Hall–Kier alpha value is -0.0300. The van der Waals surface area contributed by atoms with Crippen LogP contribution < -0.4 is 0 Å². The van der Waals surface area contributed by atoms with E-state index in [-0.39, 0.29) is 5.75 Å². The van der Waals surface area contributed by atoms with Gasteiger partial charge in [-0.2, -0.15) is 0 Å². The van der Waals surface area contributed by atoms with Gasteiger partial charge in [0.1, 0.15) is 0 Å². The number of aliphatic carboxylic acids is 1. The van der Waals surface area contributed by atoms with E-state index in [0.29, 0.717) is 5.75 Å². The quantitative estimate of drug-likeness (QED) is 0.597. The van der Waals surface area contributed by atoms with Gasteiger partial charge in [0.05, 0.1) is 21.0 Å². The molecular weight excluding hydrogens is 172 g/mol. The summed E-state index contributed by atoms with van der Waals surface area (Å²) in [6, 6.07) is 0. The van der Waals surface area contributed by atoms with Crippen LogP contribution in [0, 0.1) is 5.41 Å². The van der Waals surface area contributed by atoms with Gasteiger partial charge < -0.3 is 5.11 Å². The predicted molar refractivity (Wildman–Crippen MR) is 41.2 cm³/mol. The van der Waals surface area contributed by atoms with Crippen LogP contribution in [0.4, 0.5) is 0 Å². The highest BCUT2D eigenvalue weighted by atomic mass is 33.1. The van der Waals surface area contributed by atoms with E-state index in [0.717, 1.165) is 0 Å². The molecular formula is C5H8O3S2. The van der Waals surface area contributed by atoms with Gasteiger partial charge in [-0.05, 0) is 6.92 Å². The lowest BCUT2D eigenvalue weighted by Crippen LogP contribution is -2.30. The molecule has 2 atom stereocenters. The molecule has 1 saturated heterocycles. The number of hydrogen-bond acceptors (Lipinski definition) is 3. The molecule has 0 aliphatic carbocycles. The van der Waals surface area contributed by atoms with Crippen molar-refractivity contribution in [3.8, 4) is 0 Å². The van der Waals surface area contributed by atoms with Crippen molar-refractivity contribution >= 4 is 26.6 Å². The summed E-state index contributed by atoms with van der Waals surface area (Å²) < 4.78 is 10.8. The minimum atomic E-state index is -0.977. The number of carbonyl (C=O) groups is 1. The molecule has 1 fully saturated rings. The molecule has 1 heterocycles. The van der Waals surface area contributed by atoms with Gasteiger partial charge in [0.15, 0.2) is 0 Å². The van der Waals surface area contributed by atoms with E-state index in [1.165, 1.54) is 10.8 Å². The average Bonchev–Trinajstić information content (AvgIpc) is 2.13. The number of carboxylic acids is 1. The van der Waals surface area contributed by atoms with Crippen molar-refractivity contribution in [3.63, 3.8) is 0 Å². The van der Waals surface area contributed by atoms with Gasteiger partial charge in [0, 0.05) is 5.75 Å². The SMILES string of the molecule is CC1(C(=O)O)CSS(=O)C1. The number of carboxylic acid groups (broad SMARTS) is 1. The largest absolute Gasteiger partial charge is 0.481 e. The Morgan fingerprint density at radius 3 is 2.60 bits per heavy atom. The van der Waals surface area contributed by atoms with Crippen LogP contribution in [-0.2, 0) is 14.6 Å².